The Hall–Kier alpha value is -1.00. The number of benzene rings is 1. The van der Waals surface area contributed by atoms with Gasteiger partial charge in [-0.2, -0.15) is 11.8 Å². The zero-order valence-electron chi connectivity index (χ0n) is 13.3. The number of aryl methyl sites for hydroxylation is 1. The fraction of sp³-hybridized carbons (Fsp3) is 0.611. The minimum atomic E-state index is 0.170. The maximum atomic E-state index is 12.2. The van der Waals surface area contributed by atoms with Gasteiger partial charge in [0.25, 0.3) is 0 Å². The van der Waals surface area contributed by atoms with Gasteiger partial charge in [-0.1, -0.05) is 12.1 Å². The van der Waals surface area contributed by atoms with Crippen molar-refractivity contribution < 1.29 is 4.79 Å². The van der Waals surface area contributed by atoms with Crippen LogP contribution in [-0.2, 0) is 11.2 Å². The van der Waals surface area contributed by atoms with Crippen LogP contribution in [-0.4, -0.2) is 30.0 Å². The molecule has 2 unspecified atom stereocenters. The van der Waals surface area contributed by atoms with Gasteiger partial charge in [0.2, 0.25) is 5.91 Å². The van der Waals surface area contributed by atoms with E-state index in [4.69, 9.17) is 0 Å². The molecule has 2 bridgehead atoms. The molecule has 3 nitrogen and oxygen atoms in total. The van der Waals surface area contributed by atoms with Crippen molar-refractivity contribution in [3.8, 4) is 0 Å². The summed E-state index contributed by atoms with van der Waals surface area (Å²) in [7, 11) is 0. The Bertz CT molecular complexity index is 490. The number of hydrogen-bond acceptors (Lipinski definition) is 3. The topological polar surface area (TPSA) is 41.1 Å². The molecule has 2 heterocycles. The van der Waals surface area contributed by atoms with E-state index < -0.39 is 0 Å². The lowest BCUT2D eigenvalue weighted by molar-refractivity contribution is -0.117. The zero-order chi connectivity index (χ0) is 15.4. The first kappa shape index (κ1) is 15.9. The van der Waals surface area contributed by atoms with Gasteiger partial charge in [0.15, 0.2) is 0 Å². The first-order valence-electron chi connectivity index (χ1n) is 8.36. The van der Waals surface area contributed by atoms with E-state index in [0.717, 1.165) is 30.7 Å². The summed E-state index contributed by atoms with van der Waals surface area (Å²) in [5.74, 6) is 1.87. The summed E-state index contributed by atoms with van der Waals surface area (Å²) in [6, 6.07) is 9.62. The maximum absolute atomic E-state index is 12.2. The van der Waals surface area contributed by atoms with Crippen LogP contribution in [0.5, 0.6) is 0 Å². The Morgan fingerprint density at radius 1 is 1.23 bits per heavy atom. The molecule has 2 fully saturated rings. The van der Waals surface area contributed by atoms with Gasteiger partial charge in [0, 0.05) is 24.2 Å². The minimum Gasteiger partial charge on any atom is -0.326 e. The molecule has 0 spiro atoms. The van der Waals surface area contributed by atoms with E-state index in [2.05, 4.69) is 29.0 Å². The number of fused-ring (bicyclic) bond motifs is 2. The van der Waals surface area contributed by atoms with Crippen molar-refractivity contribution in [1.29, 1.82) is 0 Å². The van der Waals surface area contributed by atoms with Crippen molar-refractivity contribution in [2.24, 2.45) is 5.92 Å². The average Bonchev–Trinajstić information content (AvgIpc) is 2.85. The van der Waals surface area contributed by atoms with E-state index in [0.29, 0.717) is 24.4 Å². The summed E-state index contributed by atoms with van der Waals surface area (Å²) in [6.45, 7) is 0. The third kappa shape index (κ3) is 4.26. The van der Waals surface area contributed by atoms with Gasteiger partial charge >= 0.3 is 0 Å². The highest BCUT2D eigenvalue weighted by Crippen LogP contribution is 2.32. The molecule has 2 atom stereocenters. The minimum absolute atomic E-state index is 0.170. The standard InChI is InChI=1S/C18H26N2OS/c1-22-9-8-13-2-4-15(5-3-13)20-18(21)12-14-10-16-6-7-17(11-14)19-16/h2-5,14,16-17,19H,6-12H2,1H3,(H,20,21). The van der Waals surface area contributed by atoms with Crippen LogP contribution in [0, 0.1) is 5.92 Å². The van der Waals surface area contributed by atoms with Crippen molar-refractivity contribution in [1.82, 2.24) is 5.32 Å². The van der Waals surface area contributed by atoms with Crippen LogP contribution in [0.25, 0.3) is 0 Å². The number of carbonyl (C=O) groups excluding carboxylic acids is 1. The SMILES string of the molecule is CSCCc1ccc(NC(=O)CC2CC3CCC(C2)N3)cc1. The first-order chi connectivity index (χ1) is 10.7. The Morgan fingerprint density at radius 2 is 1.91 bits per heavy atom. The lowest BCUT2D eigenvalue weighted by Gasteiger charge is -2.28. The number of nitrogens with one attached hydrogen (secondary N) is 2. The van der Waals surface area contributed by atoms with Crippen molar-refractivity contribution in [3.63, 3.8) is 0 Å². The fourth-order valence-electron chi connectivity index (χ4n) is 3.79. The van der Waals surface area contributed by atoms with Crippen LogP contribution in [0.4, 0.5) is 5.69 Å². The Labute approximate surface area is 137 Å². The van der Waals surface area contributed by atoms with Gasteiger partial charge in [-0.25, -0.2) is 0 Å². The molecule has 22 heavy (non-hydrogen) atoms. The predicted molar refractivity (Wildman–Crippen MR) is 94.4 cm³/mol. The summed E-state index contributed by atoms with van der Waals surface area (Å²) >= 11 is 1.86. The summed E-state index contributed by atoms with van der Waals surface area (Å²) in [5, 5.41) is 6.69. The Balaban J connectivity index is 1.47. The van der Waals surface area contributed by atoms with Crippen LogP contribution in [0.3, 0.4) is 0 Å². The van der Waals surface area contributed by atoms with E-state index in [1.807, 2.05) is 23.9 Å². The van der Waals surface area contributed by atoms with Crippen LogP contribution >= 0.6 is 11.8 Å². The van der Waals surface area contributed by atoms with Crippen molar-refractivity contribution >= 4 is 23.4 Å². The second-order valence-corrected chi connectivity index (χ2v) is 7.65. The second-order valence-electron chi connectivity index (χ2n) is 6.67. The van der Waals surface area contributed by atoms with Crippen molar-refractivity contribution in [2.45, 2.75) is 50.6 Å². The normalized spacial score (nSPS) is 26.9. The maximum Gasteiger partial charge on any atom is 0.224 e. The second kappa shape index (κ2) is 7.51. The van der Waals surface area contributed by atoms with Crippen LogP contribution < -0.4 is 10.6 Å². The molecule has 2 aliphatic heterocycles. The molecule has 1 aromatic rings. The third-order valence-corrected chi connectivity index (χ3v) is 5.49. The van der Waals surface area contributed by atoms with Gasteiger partial charge in [-0.15, -0.1) is 0 Å². The van der Waals surface area contributed by atoms with E-state index in [1.165, 1.54) is 18.4 Å². The molecule has 1 aromatic carbocycles. The molecular formula is C18H26N2OS. The number of rotatable bonds is 6. The van der Waals surface area contributed by atoms with Crippen LogP contribution in [0.2, 0.25) is 0 Å². The van der Waals surface area contributed by atoms with Gasteiger partial charge < -0.3 is 10.6 Å². The van der Waals surface area contributed by atoms with Gasteiger partial charge in [-0.05, 0) is 67.7 Å². The molecule has 2 aliphatic rings. The molecule has 2 N–H and O–H groups in total. The van der Waals surface area contributed by atoms with Gasteiger partial charge in [0.05, 0.1) is 0 Å². The first-order valence-corrected chi connectivity index (χ1v) is 9.76. The fourth-order valence-corrected chi connectivity index (χ4v) is 4.23. The number of anilines is 1. The molecular weight excluding hydrogens is 292 g/mol. The van der Waals surface area contributed by atoms with Gasteiger partial charge in [0.1, 0.15) is 0 Å². The summed E-state index contributed by atoms with van der Waals surface area (Å²) < 4.78 is 0. The third-order valence-electron chi connectivity index (χ3n) is 4.88. The monoisotopic (exact) mass is 318 g/mol. The highest BCUT2D eigenvalue weighted by Gasteiger charge is 2.34. The number of amides is 1. The smallest absolute Gasteiger partial charge is 0.224 e. The summed E-state index contributed by atoms with van der Waals surface area (Å²) in [4.78, 5) is 12.2. The van der Waals surface area contributed by atoms with Crippen molar-refractivity contribution in [3.05, 3.63) is 29.8 Å². The van der Waals surface area contributed by atoms with E-state index in [9.17, 15) is 4.79 Å². The zero-order valence-corrected chi connectivity index (χ0v) is 14.1. The molecule has 0 radical (unpaired) electrons. The Morgan fingerprint density at radius 3 is 2.55 bits per heavy atom. The molecule has 2 saturated heterocycles. The largest absolute Gasteiger partial charge is 0.326 e. The number of hydrogen-bond donors (Lipinski definition) is 2. The molecule has 0 aliphatic carbocycles. The summed E-state index contributed by atoms with van der Waals surface area (Å²) in [6.07, 6.45) is 8.80. The predicted octanol–water partition coefficient (Wildman–Crippen LogP) is 3.45. The van der Waals surface area contributed by atoms with E-state index >= 15 is 0 Å². The number of carbonyl (C=O) groups is 1. The van der Waals surface area contributed by atoms with E-state index in [-0.39, 0.29) is 5.91 Å². The molecule has 3 rings (SSSR count). The van der Waals surface area contributed by atoms with Crippen LogP contribution in [0.15, 0.2) is 24.3 Å². The molecule has 0 aromatic heterocycles. The van der Waals surface area contributed by atoms with Gasteiger partial charge in [-0.3, -0.25) is 4.79 Å². The van der Waals surface area contributed by atoms with Crippen molar-refractivity contribution in [2.75, 3.05) is 17.3 Å². The van der Waals surface area contributed by atoms with Crippen LogP contribution in [0.1, 0.15) is 37.7 Å². The molecule has 0 saturated carbocycles. The number of thioether (sulfide) groups is 1. The highest BCUT2D eigenvalue weighted by atomic mass is 32.2. The Kier molecular flexibility index (Phi) is 5.42. The molecule has 4 heteroatoms. The number of piperidine rings is 1. The summed E-state index contributed by atoms with van der Waals surface area (Å²) in [5.41, 5.74) is 2.26. The lowest BCUT2D eigenvalue weighted by Crippen LogP contribution is -2.39. The molecule has 120 valence electrons. The average molecular weight is 318 g/mol. The molecule has 1 amide bonds. The lowest BCUT2D eigenvalue weighted by atomic mass is 9.89. The highest BCUT2D eigenvalue weighted by molar-refractivity contribution is 7.98. The quantitative estimate of drug-likeness (QED) is 0.844. The van der Waals surface area contributed by atoms with E-state index in [1.54, 1.807) is 0 Å².